The molecule has 1 fully saturated rings. The fourth-order valence-corrected chi connectivity index (χ4v) is 2.41. The minimum absolute atomic E-state index is 0.0462. The Morgan fingerprint density at radius 2 is 2.19 bits per heavy atom. The summed E-state index contributed by atoms with van der Waals surface area (Å²) >= 11 is 0. The molecule has 8 nitrogen and oxygen atoms in total. The lowest BCUT2D eigenvalue weighted by molar-refractivity contribution is -0.118. The van der Waals surface area contributed by atoms with E-state index in [0.717, 1.165) is 29.9 Å². The third-order valence-electron chi connectivity index (χ3n) is 3.42. The number of carbonyl (C=O) groups excluding carboxylic acids is 1. The second-order valence-corrected chi connectivity index (χ2v) is 4.88. The molecule has 0 spiro atoms. The molecule has 0 radical (unpaired) electrons. The van der Waals surface area contributed by atoms with E-state index in [9.17, 15) is 4.79 Å². The minimum Gasteiger partial charge on any atom is -0.378 e. The van der Waals surface area contributed by atoms with Crippen LogP contribution in [0.3, 0.4) is 0 Å². The van der Waals surface area contributed by atoms with Crippen LogP contribution in [0, 0.1) is 0 Å². The molecule has 112 valence electrons. The van der Waals surface area contributed by atoms with Crippen molar-refractivity contribution < 1.29 is 9.53 Å². The van der Waals surface area contributed by atoms with Gasteiger partial charge in [-0.1, -0.05) is 0 Å². The van der Waals surface area contributed by atoms with Crippen molar-refractivity contribution in [2.75, 3.05) is 37.7 Å². The predicted octanol–water partition coefficient (Wildman–Crippen LogP) is -0.201. The molecule has 2 aromatic heterocycles. The Balaban J connectivity index is 1.83. The van der Waals surface area contributed by atoms with Crippen molar-refractivity contribution in [2.45, 2.75) is 13.5 Å². The Hall–Kier alpha value is -2.22. The average molecular weight is 290 g/mol. The van der Waals surface area contributed by atoms with Crippen molar-refractivity contribution in [1.29, 1.82) is 0 Å². The lowest BCUT2D eigenvalue weighted by Crippen LogP contribution is -2.36. The first-order chi connectivity index (χ1) is 10.3. The number of ether oxygens (including phenoxy) is 1. The molecular weight excluding hydrogens is 272 g/mol. The van der Waals surface area contributed by atoms with Crippen LogP contribution in [0.2, 0.25) is 0 Å². The highest BCUT2D eigenvalue weighted by Crippen LogP contribution is 2.23. The standard InChI is InChI=1S/C13H18N6O2/c1-10(20)14-2-3-19-13-11(8-17-19)12(15-9-16-13)18-4-6-21-7-5-18/h8-9H,2-7H2,1H3,(H,14,20). The summed E-state index contributed by atoms with van der Waals surface area (Å²) in [6.07, 6.45) is 3.34. The van der Waals surface area contributed by atoms with E-state index in [1.165, 1.54) is 6.92 Å². The number of carbonyl (C=O) groups is 1. The van der Waals surface area contributed by atoms with Gasteiger partial charge in [-0.25, -0.2) is 14.6 Å². The van der Waals surface area contributed by atoms with E-state index in [1.807, 2.05) is 0 Å². The van der Waals surface area contributed by atoms with Crippen LogP contribution in [0.25, 0.3) is 11.0 Å². The van der Waals surface area contributed by atoms with Crippen LogP contribution in [0.1, 0.15) is 6.92 Å². The molecule has 0 saturated carbocycles. The predicted molar refractivity (Wildman–Crippen MR) is 77.0 cm³/mol. The molecular formula is C13H18N6O2. The Morgan fingerprint density at radius 1 is 1.38 bits per heavy atom. The number of rotatable bonds is 4. The Labute approximate surface area is 122 Å². The number of hydrogen-bond donors (Lipinski definition) is 1. The Morgan fingerprint density at radius 3 is 2.95 bits per heavy atom. The lowest BCUT2D eigenvalue weighted by atomic mass is 10.3. The van der Waals surface area contributed by atoms with E-state index < -0.39 is 0 Å². The van der Waals surface area contributed by atoms with Gasteiger partial charge in [0.2, 0.25) is 5.91 Å². The first-order valence-electron chi connectivity index (χ1n) is 6.99. The van der Waals surface area contributed by atoms with E-state index in [2.05, 4.69) is 25.3 Å². The van der Waals surface area contributed by atoms with Gasteiger partial charge in [-0.15, -0.1) is 0 Å². The molecule has 2 aromatic rings. The number of hydrogen-bond acceptors (Lipinski definition) is 6. The zero-order valence-electron chi connectivity index (χ0n) is 11.9. The highest BCUT2D eigenvalue weighted by atomic mass is 16.5. The second kappa shape index (κ2) is 6.04. The van der Waals surface area contributed by atoms with Gasteiger partial charge in [-0.2, -0.15) is 5.10 Å². The maximum Gasteiger partial charge on any atom is 0.216 e. The molecule has 1 saturated heterocycles. The maximum atomic E-state index is 10.9. The van der Waals surface area contributed by atoms with Gasteiger partial charge in [-0.3, -0.25) is 4.79 Å². The van der Waals surface area contributed by atoms with Crippen LogP contribution in [-0.2, 0) is 16.1 Å². The molecule has 0 atom stereocenters. The summed E-state index contributed by atoms with van der Waals surface area (Å²) in [4.78, 5) is 21.8. The van der Waals surface area contributed by atoms with Crippen LogP contribution in [0.4, 0.5) is 5.82 Å². The van der Waals surface area contributed by atoms with E-state index in [0.29, 0.717) is 26.3 Å². The number of anilines is 1. The van der Waals surface area contributed by atoms with Crippen molar-refractivity contribution >= 4 is 22.8 Å². The molecule has 0 aliphatic carbocycles. The van der Waals surface area contributed by atoms with Gasteiger partial charge in [0.05, 0.1) is 31.3 Å². The van der Waals surface area contributed by atoms with Crippen LogP contribution >= 0.6 is 0 Å². The smallest absolute Gasteiger partial charge is 0.216 e. The average Bonchev–Trinajstić information content (AvgIpc) is 2.91. The first kappa shape index (κ1) is 13.7. The Kier molecular flexibility index (Phi) is 3.96. The van der Waals surface area contributed by atoms with Gasteiger partial charge in [-0.05, 0) is 0 Å². The van der Waals surface area contributed by atoms with E-state index in [-0.39, 0.29) is 5.91 Å². The summed E-state index contributed by atoms with van der Waals surface area (Å²) in [5.74, 6) is 0.851. The van der Waals surface area contributed by atoms with Gasteiger partial charge >= 0.3 is 0 Å². The summed E-state index contributed by atoms with van der Waals surface area (Å²) in [7, 11) is 0. The molecule has 0 aromatic carbocycles. The van der Waals surface area contributed by atoms with Gasteiger partial charge in [0.25, 0.3) is 0 Å². The SMILES string of the molecule is CC(=O)NCCn1ncc2c(N3CCOCC3)ncnc21. The maximum absolute atomic E-state index is 10.9. The normalized spacial score (nSPS) is 15.4. The number of fused-ring (bicyclic) bond motifs is 1. The molecule has 0 unspecified atom stereocenters. The van der Waals surface area contributed by atoms with Crippen LogP contribution < -0.4 is 10.2 Å². The van der Waals surface area contributed by atoms with Gasteiger partial charge in [0, 0.05) is 26.6 Å². The fourth-order valence-electron chi connectivity index (χ4n) is 2.41. The molecule has 1 amide bonds. The topological polar surface area (TPSA) is 85.2 Å². The third-order valence-corrected chi connectivity index (χ3v) is 3.42. The molecule has 3 heterocycles. The number of amides is 1. The highest BCUT2D eigenvalue weighted by Gasteiger charge is 2.17. The monoisotopic (exact) mass is 290 g/mol. The van der Waals surface area contributed by atoms with Crippen LogP contribution in [-0.4, -0.2) is 58.5 Å². The second-order valence-electron chi connectivity index (χ2n) is 4.88. The van der Waals surface area contributed by atoms with Crippen molar-refractivity contribution in [3.63, 3.8) is 0 Å². The molecule has 8 heteroatoms. The molecule has 21 heavy (non-hydrogen) atoms. The van der Waals surface area contributed by atoms with Crippen molar-refractivity contribution in [3.8, 4) is 0 Å². The van der Waals surface area contributed by atoms with Gasteiger partial charge in [0.1, 0.15) is 12.1 Å². The van der Waals surface area contributed by atoms with E-state index in [1.54, 1.807) is 17.2 Å². The fraction of sp³-hybridized carbons (Fsp3) is 0.538. The third kappa shape index (κ3) is 2.94. The highest BCUT2D eigenvalue weighted by molar-refractivity contribution is 5.86. The molecule has 0 bridgehead atoms. The zero-order chi connectivity index (χ0) is 14.7. The van der Waals surface area contributed by atoms with Crippen LogP contribution in [0.15, 0.2) is 12.5 Å². The first-order valence-corrected chi connectivity index (χ1v) is 6.99. The van der Waals surface area contributed by atoms with E-state index >= 15 is 0 Å². The number of morpholine rings is 1. The largest absolute Gasteiger partial charge is 0.378 e. The zero-order valence-corrected chi connectivity index (χ0v) is 11.9. The van der Waals surface area contributed by atoms with Gasteiger partial charge in [0.15, 0.2) is 5.65 Å². The molecule has 1 aliphatic rings. The summed E-state index contributed by atoms with van der Waals surface area (Å²) < 4.78 is 7.16. The van der Waals surface area contributed by atoms with Gasteiger partial charge < -0.3 is 15.0 Å². The molecule has 1 N–H and O–H groups in total. The van der Waals surface area contributed by atoms with Crippen molar-refractivity contribution in [1.82, 2.24) is 25.1 Å². The van der Waals surface area contributed by atoms with Crippen LogP contribution in [0.5, 0.6) is 0 Å². The van der Waals surface area contributed by atoms with E-state index in [4.69, 9.17) is 4.74 Å². The number of nitrogens with zero attached hydrogens (tertiary/aromatic N) is 5. The molecule has 1 aliphatic heterocycles. The molecule has 3 rings (SSSR count). The van der Waals surface area contributed by atoms with Crippen molar-refractivity contribution in [2.24, 2.45) is 0 Å². The summed E-state index contributed by atoms with van der Waals surface area (Å²) in [5, 5.41) is 8.04. The number of aromatic nitrogens is 4. The summed E-state index contributed by atoms with van der Waals surface area (Å²) in [6.45, 7) is 5.68. The lowest BCUT2D eigenvalue weighted by Gasteiger charge is -2.27. The number of nitrogens with one attached hydrogen (secondary N) is 1. The summed E-state index contributed by atoms with van der Waals surface area (Å²) in [5.41, 5.74) is 0.789. The minimum atomic E-state index is -0.0462. The Bertz CT molecular complexity index is 635. The quantitative estimate of drug-likeness (QED) is 0.839. The van der Waals surface area contributed by atoms with Crippen molar-refractivity contribution in [3.05, 3.63) is 12.5 Å². The summed E-state index contributed by atoms with van der Waals surface area (Å²) in [6, 6.07) is 0.